The van der Waals surface area contributed by atoms with Crippen LogP contribution in [-0.4, -0.2) is 0 Å². The minimum atomic E-state index is 0. The zero-order chi connectivity index (χ0) is 20.8. The predicted octanol–water partition coefficient (Wildman–Crippen LogP) is 11.4. The number of hydrogen-bond acceptors (Lipinski definition) is 0. The van der Waals surface area contributed by atoms with Crippen molar-refractivity contribution in [2.75, 3.05) is 0 Å². The van der Waals surface area contributed by atoms with Crippen molar-refractivity contribution >= 4 is 0 Å². The molecular formula is C23H66. The highest BCUT2D eigenvalue weighted by Gasteiger charge is 1.95. The van der Waals surface area contributed by atoms with Crippen LogP contribution in [0.15, 0.2) is 0 Å². The van der Waals surface area contributed by atoms with Crippen molar-refractivity contribution < 1.29 is 0 Å². The van der Waals surface area contributed by atoms with Crippen LogP contribution in [0.5, 0.6) is 0 Å². The molecule has 0 nitrogen and oxygen atoms in total. The van der Waals surface area contributed by atoms with Gasteiger partial charge in [-0.3, -0.25) is 0 Å². The molecule has 1 rings (SSSR count). The molecule has 0 heterocycles. The Hall–Kier alpha value is 0. The van der Waals surface area contributed by atoms with Crippen LogP contribution in [0.3, 0.4) is 0 Å². The molecule has 0 aromatic rings. The number of rotatable bonds is 0. The molecule has 1 saturated carbocycles. The fourth-order valence-electron chi connectivity index (χ4n) is 0.250. The standard InChI is InChI=1S/C4H8.9C2H6.CH4/c1-2-4-3-1;9*1-2;/h1-4H2;9*1-2H3;1H4. The lowest BCUT2D eigenvalue weighted by Crippen LogP contribution is -1.85. The van der Waals surface area contributed by atoms with E-state index in [0.29, 0.717) is 0 Å². The Morgan fingerprint density at radius 3 is 0.261 bits per heavy atom. The van der Waals surface area contributed by atoms with Crippen molar-refractivity contribution in [1.82, 2.24) is 0 Å². The molecule has 0 unspecified atom stereocenters. The molecule has 0 amide bonds. The van der Waals surface area contributed by atoms with Crippen LogP contribution in [-0.2, 0) is 0 Å². The van der Waals surface area contributed by atoms with Crippen LogP contribution >= 0.6 is 0 Å². The molecule has 1 aliphatic carbocycles. The summed E-state index contributed by atoms with van der Waals surface area (Å²) in [5.41, 5.74) is 0. The van der Waals surface area contributed by atoms with Gasteiger partial charge in [-0.25, -0.2) is 0 Å². The zero-order valence-corrected chi connectivity index (χ0v) is 20.8. The molecule has 158 valence electrons. The first kappa shape index (κ1) is 65.9. The third-order valence-corrected chi connectivity index (χ3v) is 1.000. The molecule has 23 heavy (non-hydrogen) atoms. The van der Waals surface area contributed by atoms with E-state index in [4.69, 9.17) is 0 Å². The molecule has 0 aromatic heterocycles. The molecule has 0 N–H and O–H groups in total. The van der Waals surface area contributed by atoms with Gasteiger partial charge in [-0.15, -0.1) is 0 Å². The average molecular weight is 343 g/mol. The minimum absolute atomic E-state index is 0. The van der Waals surface area contributed by atoms with E-state index in [1.54, 1.807) is 0 Å². The lowest BCUT2D eigenvalue weighted by molar-refractivity contribution is 0.504. The van der Waals surface area contributed by atoms with Gasteiger partial charge < -0.3 is 0 Å². The summed E-state index contributed by atoms with van der Waals surface area (Å²) in [4.78, 5) is 0. The van der Waals surface area contributed by atoms with E-state index in [9.17, 15) is 0 Å². The summed E-state index contributed by atoms with van der Waals surface area (Å²) in [6.07, 6.45) is 6.00. The molecule has 0 heteroatoms. The van der Waals surface area contributed by atoms with E-state index in [0.717, 1.165) is 0 Å². The summed E-state index contributed by atoms with van der Waals surface area (Å²) < 4.78 is 0. The Labute approximate surface area is 158 Å². The number of hydrogen-bond donors (Lipinski definition) is 0. The molecule has 0 saturated heterocycles. The van der Waals surface area contributed by atoms with Gasteiger partial charge in [-0.2, -0.15) is 0 Å². The van der Waals surface area contributed by atoms with Crippen molar-refractivity contribution in [2.45, 2.75) is 158 Å². The second kappa shape index (κ2) is 606. The van der Waals surface area contributed by atoms with Crippen LogP contribution in [0.4, 0.5) is 0 Å². The molecule has 0 radical (unpaired) electrons. The summed E-state index contributed by atoms with van der Waals surface area (Å²) in [5.74, 6) is 0. The van der Waals surface area contributed by atoms with E-state index >= 15 is 0 Å². The first-order valence-corrected chi connectivity index (χ1v) is 11.0. The van der Waals surface area contributed by atoms with E-state index in [1.165, 1.54) is 25.7 Å². The van der Waals surface area contributed by atoms with Gasteiger partial charge in [0.05, 0.1) is 0 Å². The highest BCUT2D eigenvalue weighted by molar-refractivity contribution is 4.50. The first-order valence-electron chi connectivity index (χ1n) is 11.0. The summed E-state index contributed by atoms with van der Waals surface area (Å²) in [7, 11) is 0. The van der Waals surface area contributed by atoms with Gasteiger partial charge in [0, 0.05) is 0 Å². The Morgan fingerprint density at radius 1 is 0.217 bits per heavy atom. The van der Waals surface area contributed by atoms with Crippen LogP contribution in [0.1, 0.15) is 158 Å². The van der Waals surface area contributed by atoms with Crippen LogP contribution < -0.4 is 0 Å². The van der Waals surface area contributed by atoms with Crippen molar-refractivity contribution in [2.24, 2.45) is 0 Å². The second-order valence-electron chi connectivity index (χ2n) is 1.41. The smallest absolute Gasteiger partial charge is 0.0533 e. The van der Waals surface area contributed by atoms with Crippen LogP contribution in [0.25, 0.3) is 0 Å². The monoisotopic (exact) mass is 343 g/mol. The zero-order valence-electron chi connectivity index (χ0n) is 20.8. The normalized spacial score (nSPS) is 6.52. The minimum Gasteiger partial charge on any atom is -0.0776 e. The van der Waals surface area contributed by atoms with Gasteiger partial charge >= 0.3 is 0 Å². The summed E-state index contributed by atoms with van der Waals surface area (Å²) in [6, 6.07) is 0. The maximum absolute atomic E-state index is 2.00. The van der Waals surface area contributed by atoms with Gasteiger partial charge in [-0.1, -0.05) is 158 Å². The van der Waals surface area contributed by atoms with Gasteiger partial charge in [0.25, 0.3) is 0 Å². The fourth-order valence-corrected chi connectivity index (χ4v) is 0.250. The van der Waals surface area contributed by atoms with Crippen molar-refractivity contribution in [3.8, 4) is 0 Å². The third-order valence-electron chi connectivity index (χ3n) is 1.000. The molecule has 1 fully saturated rings. The Balaban J connectivity index is -0.0000000104. The summed E-state index contributed by atoms with van der Waals surface area (Å²) >= 11 is 0. The maximum atomic E-state index is 2.00. The van der Waals surface area contributed by atoms with E-state index < -0.39 is 0 Å². The van der Waals surface area contributed by atoms with Crippen molar-refractivity contribution in [3.63, 3.8) is 0 Å². The molecule has 0 spiro atoms. The SMILES string of the molecule is C.C1CCC1.CC.CC.CC.CC.CC.CC.CC.CC.CC. The van der Waals surface area contributed by atoms with Crippen LogP contribution in [0, 0.1) is 0 Å². The quantitative estimate of drug-likeness (QED) is 0.410. The molecular weight excluding hydrogens is 276 g/mol. The second-order valence-corrected chi connectivity index (χ2v) is 1.41. The molecule has 0 aromatic carbocycles. The van der Waals surface area contributed by atoms with E-state index in [2.05, 4.69) is 0 Å². The predicted molar refractivity (Wildman–Crippen MR) is 127 cm³/mol. The highest BCUT2D eigenvalue weighted by atomic mass is 14.0. The largest absolute Gasteiger partial charge is 0.0776 e. The average Bonchev–Trinajstić information content (AvgIpc) is 2.68. The van der Waals surface area contributed by atoms with Gasteiger partial charge in [0.1, 0.15) is 0 Å². The topological polar surface area (TPSA) is 0 Å². The van der Waals surface area contributed by atoms with Crippen molar-refractivity contribution in [3.05, 3.63) is 0 Å². The van der Waals surface area contributed by atoms with Crippen LogP contribution in [0.2, 0.25) is 0 Å². The highest BCUT2D eigenvalue weighted by Crippen LogP contribution is 2.15. The Kier molecular flexibility index (Phi) is 1740. The molecule has 0 bridgehead atoms. The Morgan fingerprint density at radius 2 is 0.261 bits per heavy atom. The molecule has 0 aliphatic heterocycles. The van der Waals surface area contributed by atoms with Gasteiger partial charge in [-0.05, 0) is 0 Å². The summed E-state index contributed by atoms with van der Waals surface area (Å²) in [6.45, 7) is 36.0. The van der Waals surface area contributed by atoms with Gasteiger partial charge in [0.15, 0.2) is 0 Å². The first-order chi connectivity index (χ1) is 11.0. The van der Waals surface area contributed by atoms with E-state index in [1.807, 2.05) is 125 Å². The third kappa shape index (κ3) is 550. The van der Waals surface area contributed by atoms with Crippen molar-refractivity contribution in [1.29, 1.82) is 0 Å². The lowest BCUT2D eigenvalue weighted by Gasteiger charge is -2.05. The maximum Gasteiger partial charge on any atom is -0.0533 e. The van der Waals surface area contributed by atoms with E-state index in [-0.39, 0.29) is 7.43 Å². The fraction of sp³-hybridized carbons (Fsp3) is 1.00. The van der Waals surface area contributed by atoms with Gasteiger partial charge in [0.2, 0.25) is 0 Å². The summed E-state index contributed by atoms with van der Waals surface area (Å²) in [5, 5.41) is 0. The Bertz CT molecular complexity index is 8.00. The lowest BCUT2D eigenvalue weighted by atomic mass is 10.0. The molecule has 1 aliphatic rings. The molecule has 0 atom stereocenters.